The Bertz CT molecular complexity index is 360. The smallest absolute Gasteiger partial charge is 0.0644 e. The maximum absolute atomic E-state index is 9.02. The Hall–Kier alpha value is -0.870. The van der Waals surface area contributed by atoms with Gasteiger partial charge >= 0.3 is 0 Å². The lowest BCUT2D eigenvalue weighted by Gasteiger charge is -2.20. The molecular formula is C14H27N3O. The van der Waals surface area contributed by atoms with E-state index in [1.807, 2.05) is 4.68 Å². The molecule has 0 saturated heterocycles. The number of aliphatic hydroxyl groups excluding tert-OH is 1. The molecule has 1 rings (SSSR count). The van der Waals surface area contributed by atoms with Crippen LogP contribution in [0.1, 0.15) is 43.6 Å². The van der Waals surface area contributed by atoms with E-state index >= 15 is 0 Å². The molecule has 0 unspecified atom stereocenters. The molecule has 18 heavy (non-hydrogen) atoms. The van der Waals surface area contributed by atoms with E-state index in [1.165, 1.54) is 24.1 Å². The number of rotatable bonds is 8. The lowest BCUT2D eigenvalue weighted by atomic mass is 10.1. The fourth-order valence-electron chi connectivity index (χ4n) is 2.23. The largest absolute Gasteiger partial charge is 0.394 e. The van der Waals surface area contributed by atoms with Crippen LogP contribution in [0.4, 0.5) is 0 Å². The lowest BCUT2D eigenvalue weighted by Crippen LogP contribution is -2.24. The van der Waals surface area contributed by atoms with Crippen molar-refractivity contribution in [2.45, 2.75) is 53.6 Å². The van der Waals surface area contributed by atoms with Gasteiger partial charge in [0.2, 0.25) is 0 Å². The second-order valence-electron chi connectivity index (χ2n) is 4.82. The molecule has 1 heterocycles. The van der Waals surface area contributed by atoms with Crippen molar-refractivity contribution in [3.05, 3.63) is 17.0 Å². The predicted octanol–water partition coefficient (Wildman–Crippen LogP) is 2.11. The van der Waals surface area contributed by atoms with Crippen LogP contribution in [-0.4, -0.2) is 39.5 Å². The Kier molecular flexibility index (Phi) is 6.36. The molecule has 1 aromatic heterocycles. The minimum Gasteiger partial charge on any atom is -0.394 e. The van der Waals surface area contributed by atoms with Crippen molar-refractivity contribution >= 4 is 0 Å². The van der Waals surface area contributed by atoms with Crippen molar-refractivity contribution < 1.29 is 5.11 Å². The summed E-state index contributed by atoms with van der Waals surface area (Å²) in [5.41, 5.74) is 3.61. The van der Waals surface area contributed by atoms with Gasteiger partial charge in [-0.25, -0.2) is 0 Å². The van der Waals surface area contributed by atoms with Crippen LogP contribution in [0.3, 0.4) is 0 Å². The lowest BCUT2D eigenvalue weighted by molar-refractivity contribution is 0.266. The highest BCUT2D eigenvalue weighted by Crippen LogP contribution is 2.15. The van der Waals surface area contributed by atoms with Gasteiger partial charge in [-0.2, -0.15) is 5.10 Å². The molecule has 0 aliphatic rings. The van der Waals surface area contributed by atoms with Crippen LogP contribution in [0.25, 0.3) is 0 Å². The summed E-state index contributed by atoms with van der Waals surface area (Å²) in [5, 5.41) is 13.5. The fraction of sp³-hybridized carbons (Fsp3) is 0.786. The Balaban J connectivity index is 2.75. The minimum atomic E-state index is 0.148. The molecule has 0 saturated carbocycles. The van der Waals surface area contributed by atoms with Crippen LogP contribution in [0.2, 0.25) is 0 Å². The van der Waals surface area contributed by atoms with E-state index in [4.69, 9.17) is 5.11 Å². The maximum atomic E-state index is 9.02. The van der Waals surface area contributed by atoms with E-state index in [9.17, 15) is 0 Å². The molecule has 0 aliphatic heterocycles. The van der Waals surface area contributed by atoms with Crippen LogP contribution in [0.5, 0.6) is 0 Å². The molecule has 4 heteroatoms. The van der Waals surface area contributed by atoms with E-state index < -0.39 is 0 Å². The summed E-state index contributed by atoms with van der Waals surface area (Å²) in [6.45, 7) is 12.5. The monoisotopic (exact) mass is 253 g/mol. The van der Waals surface area contributed by atoms with Crippen LogP contribution in [0, 0.1) is 13.8 Å². The number of aromatic nitrogens is 2. The molecule has 0 atom stereocenters. The van der Waals surface area contributed by atoms with E-state index in [0.29, 0.717) is 6.54 Å². The van der Waals surface area contributed by atoms with Gasteiger partial charge in [-0.3, -0.25) is 9.58 Å². The Morgan fingerprint density at radius 2 is 2.00 bits per heavy atom. The third-order valence-electron chi connectivity index (χ3n) is 3.50. The zero-order chi connectivity index (χ0) is 13.5. The molecule has 4 nitrogen and oxygen atoms in total. The zero-order valence-corrected chi connectivity index (χ0v) is 12.2. The predicted molar refractivity (Wildman–Crippen MR) is 74.6 cm³/mol. The summed E-state index contributed by atoms with van der Waals surface area (Å²) in [6, 6.07) is 0. The molecule has 0 aromatic carbocycles. The highest BCUT2D eigenvalue weighted by molar-refractivity contribution is 5.24. The highest BCUT2D eigenvalue weighted by Gasteiger charge is 2.13. The summed E-state index contributed by atoms with van der Waals surface area (Å²) >= 11 is 0. The van der Waals surface area contributed by atoms with Crippen molar-refractivity contribution in [1.82, 2.24) is 14.7 Å². The first-order valence-electron chi connectivity index (χ1n) is 7.00. The second-order valence-corrected chi connectivity index (χ2v) is 4.82. The molecule has 0 bridgehead atoms. The van der Waals surface area contributed by atoms with E-state index in [0.717, 1.165) is 25.3 Å². The molecule has 0 fully saturated rings. The highest BCUT2D eigenvalue weighted by atomic mass is 16.3. The number of unbranched alkanes of at least 4 members (excludes halogenated alkanes) is 1. The summed E-state index contributed by atoms with van der Waals surface area (Å²) in [5.74, 6) is 0. The van der Waals surface area contributed by atoms with Crippen molar-refractivity contribution in [3.63, 3.8) is 0 Å². The number of hydrogen-bond donors (Lipinski definition) is 1. The van der Waals surface area contributed by atoms with Crippen LogP contribution >= 0.6 is 0 Å². The van der Waals surface area contributed by atoms with Gasteiger partial charge in [-0.15, -0.1) is 0 Å². The third-order valence-corrected chi connectivity index (χ3v) is 3.50. The van der Waals surface area contributed by atoms with Crippen LogP contribution in [-0.2, 0) is 13.1 Å². The standard InChI is InChI=1S/C14H27N3O/c1-5-7-8-16(6-2)11-14-12(3)15-17(9-10-18)13(14)4/h18H,5-11H2,1-4H3. The molecule has 1 aromatic rings. The number of aryl methyl sites for hydroxylation is 1. The SMILES string of the molecule is CCCCN(CC)Cc1c(C)nn(CCO)c1C. The van der Waals surface area contributed by atoms with Gasteiger partial charge in [0.15, 0.2) is 0 Å². The maximum Gasteiger partial charge on any atom is 0.0644 e. The zero-order valence-electron chi connectivity index (χ0n) is 12.2. The normalized spacial score (nSPS) is 11.4. The fourth-order valence-corrected chi connectivity index (χ4v) is 2.23. The van der Waals surface area contributed by atoms with Gasteiger partial charge in [0.1, 0.15) is 0 Å². The minimum absolute atomic E-state index is 0.148. The molecule has 1 N–H and O–H groups in total. The van der Waals surface area contributed by atoms with Crippen molar-refractivity contribution in [3.8, 4) is 0 Å². The molecule has 0 radical (unpaired) electrons. The molecule has 0 amide bonds. The Labute approximate surface area is 111 Å². The first-order valence-corrected chi connectivity index (χ1v) is 7.00. The molecule has 104 valence electrons. The summed E-state index contributed by atoms with van der Waals surface area (Å²) in [6.07, 6.45) is 2.48. The van der Waals surface area contributed by atoms with Gasteiger partial charge in [0.25, 0.3) is 0 Å². The first-order chi connectivity index (χ1) is 8.63. The molecular weight excluding hydrogens is 226 g/mol. The van der Waals surface area contributed by atoms with Gasteiger partial charge in [0.05, 0.1) is 18.8 Å². The Morgan fingerprint density at radius 1 is 1.28 bits per heavy atom. The van der Waals surface area contributed by atoms with E-state index in [2.05, 4.69) is 37.7 Å². The van der Waals surface area contributed by atoms with Gasteiger partial charge < -0.3 is 5.11 Å². The average molecular weight is 253 g/mol. The van der Waals surface area contributed by atoms with Crippen molar-refractivity contribution in [2.75, 3.05) is 19.7 Å². The van der Waals surface area contributed by atoms with E-state index in [1.54, 1.807) is 0 Å². The molecule has 0 spiro atoms. The topological polar surface area (TPSA) is 41.3 Å². The number of hydrogen-bond acceptors (Lipinski definition) is 3. The van der Waals surface area contributed by atoms with Gasteiger partial charge in [-0.05, 0) is 33.4 Å². The first kappa shape index (κ1) is 15.2. The quantitative estimate of drug-likeness (QED) is 0.771. The van der Waals surface area contributed by atoms with Crippen molar-refractivity contribution in [2.24, 2.45) is 0 Å². The number of nitrogens with zero attached hydrogens (tertiary/aromatic N) is 3. The average Bonchev–Trinajstić information content (AvgIpc) is 2.62. The van der Waals surface area contributed by atoms with Crippen LogP contribution < -0.4 is 0 Å². The van der Waals surface area contributed by atoms with Crippen LogP contribution in [0.15, 0.2) is 0 Å². The second kappa shape index (κ2) is 7.54. The molecule has 0 aliphatic carbocycles. The summed E-state index contributed by atoms with van der Waals surface area (Å²) < 4.78 is 1.92. The van der Waals surface area contributed by atoms with Gasteiger partial charge in [0, 0.05) is 17.8 Å². The summed E-state index contributed by atoms with van der Waals surface area (Å²) in [4.78, 5) is 2.46. The Morgan fingerprint density at radius 3 is 2.56 bits per heavy atom. The summed E-state index contributed by atoms with van der Waals surface area (Å²) in [7, 11) is 0. The third kappa shape index (κ3) is 3.82. The van der Waals surface area contributed by atoms with Crippen molar-refractivity contribution in [1.29, 1.82) is 0 Å². The van der Waals surface area contributed by atoms with E-state index in [-0.39, 0.29) is 6.61 Å². The number of aliphatic hydroxyl groups is 1. The van der Waals surface area contributed by atoms with Gasteiger partial charge in [-0.1, -0.05) is 20.3 Å².